The minimum absolute atomic E-state index is 0. The summed E-state index contributed by atoms with van der Waals surface area (Å²) < 4.78 is 0. The third kappa shape index (κ3) is 7.40. The highest BCUT2D eigenvalue weighted by Crippen LogP contribution is 2.07. The number of halogens is 1. The number of unbranched alkanes of at least 4 members (excludes halogenated alkanes) is 2. The van der Waals surface area contributed by atoms with Crippen LogP contribution in [0.3, 0.4) is 0 Å². The van der Waals surface area contributed by atoms with E-state index in [0.29, 0.717) is 0 Å². The molecule has 0 saturated carbocycles. The number of hydrogen-bond donors (Lipinski definition) is 0. The molecule has 98 valence electrons. The Kier molecular flexibility index (Phi) is 10.3. The zero-order chi connectivity index (χ0) is 11.6. The Morgan fingerprint density at radius 1 is 0.882 bits per heavy atom. The molecule has 0 aliphatic rings. The molecule has 0 aliphatic carbocycles. The molecule has 0 aliphatic heterocycles. The average molecular weight is 256 g/mol. The van der Waals surface area contributed by atoms with Crippen LogP contribution in [0, 0.1) is 0 Å². The van der Waals surface area contributed by atoms with Crippen LogP contribution in [-0.2, 0) is 6.54 Å². The van der Waals surface area contributed by atoms with Crippen molar-refractivity contribution in [1.82, 2.24) is 4.90 Å². The molecule has 0 unspecified atom stereocenters. The van der Waals surface area contributed by atoms with E-state index in [1.54, 1.807) is 0 Å². The topological polar surface area (TPSA) is 3.24 Å². The summed E-state index contributed by atoms with van der Waals surface area (Å²) in [4.78, 5) is 2.59. The standard InChI is InChI=1S/C15H25N.ClH/c1-3-5-12-16(13-6-4-2)14-15-10-8-7-9-11-15;/h7-11H,3-6,12-14H2,1-2H3;1H. The minimum atomic E-state index is 0. The molecule has 0 spiro atoms. The highest BCUT2D eigenvalue weighted by atomic mass is 35.5. The molecule has 0 aromatic heterocycles. The van der Waals surface area contributed by atoms with Gasteiger partial charge in [-0.3, -0.25) is 4.90 Å². The van der Waals surface area contributed by atoms with Crippen LogP contribution in [0.25, 0.3) is 0 Å². The lowest BCUT2D eigenvalue weighted by Crippen LogP contribution is -2.25. The first kappa shape index (κ1) is 16.5. The van der Waals surface area contributed by atoms with Gasteiger partial charge in [0.1, 0.15) is 0 Å². The fourth-order valence-corrected chi connectivity index (χ4v) is 1.87. The van der Waals surface area contributed by atoms with Crippen LogP contribution in [0.5, 0.6) is 0 Å². The summed E-state index contributed by atoms with van der Waals surface area (Å²) in [6, 6.07) is 10.8. The zero-order valence-corrected chi connectivity index (χ0v) is 12.0. The van der Waals surface area contributed by atoms with Crippen LogP contribution in [-0.4, -0.2) is 18.0 Å². The number of benzene rings is 1. The Bertz CT molecular complexity index is 253. The van der Waals surface area contributed by atoms with Crippen LogP contribution >= 0.6 is 12.4 Å². The highest BCUT2D eigenvalue weighted by Gasteiger charge is 2.04. The van der Waals surface area contributed by atoms with Crippen LogP contribution in [0.2, 0.25) is 0 Å². The van der Waals surface area contributed by atoms with Crippen molar-refractivity contribution in [1.29, 1.82) is 0 Å². The van der Waals surface area contributed by atoms with Crippen LogP contribution in [0.15, 0.2) is 30.3 Å². The van der Waals surface area contributed by atoms with Gasteiger partial charge in [0.15, 0.2) is 0 Å². The first-order valence-corrected chi connectivity index (χ1v) is 6.63. The number of rotatable bonds is 8. The summed E-state index contributed by atoms with van der Waals surface area (Å²) in [7, 11) is 0. The molecule has 0 bridgehead atoms. The third-order valence-corrected chi connectivity index (χ3v) is 2.90. The van der Waals surface area contributed by atoms with Crippen molar-refractivity contribution >= 4 is 12.4 Å². The predicted octanol–water partition coefficient (Wildman–Crippen LogP) is 4.51. The molecule has 1 aromatic carbocycles. The molecule has 0 amide bonds. The average Bonchev–Trinajstić information content (AvgIpc) is 2.34. The molecule has 1 nitrogen and oxygen atoms in total. The van der Waals surface area contributed by atoms with Crippen molar-refractivity contribution in [2.45, 2.75) is 46.1 Å². The van der Waals surface area contributed by atoms with Gasteiger partial charge >= 0.3 is 0 Å². The lowest BCUT2D eigenvalue weighted by molar-refractivity contribution is 0.257. The van der Waals surface area contributed by atoms with Gasteiger partial charge in [-0.25, -0.2) is 0 Å². The van der Waals surface area contributed by atoms with Crippen LogP contribution in [0.1, 0.15) is 45.1 Å². The molecule has 0 radical (unpaired) electrons. The van der Waals surface area contributed by atoms with Crippen molar-refractivity contribution in [3.8, 4) is 0 Å². The van der Waals surface area contributed by atoms with E-state index in [2.05, 4.69) is 49.1 Å². The molecule has 1 rings (SSSR count). The summed E-state index contributed by atoms with van der Waals surface area (Å²) in [5.74, 6) is 0. The normalized spacial score (nSPS) is 10.3. The maximum absolute atomic E-state index is 2.59. The van der Waals surface area contributed by atoms with Gasteiger partial charge in [-0.15, -0.1) is 12.4 Å². The molecule has 1 aromatic rings. The Hall–Kier alpha value is -0.530. The third-order valence-electron chi connectivity index (χ3n) is 2.90. The van der Waals surface area contributed by atoms with Crippen LogP contribution < -0.4 is 0 Å². The summed E-state index contributed by atoms with van der Waals surface area (Å²) in [6.07, 6.45) is 5.21. The number of hydrogen-bond acceptors (Lipinski definition) is 1. The quantitative estimate of drug-likeness (QED) is 0.661. The van der Waals surface area contributed by atoms with Gasteiger partial charge in [-0.2, -0.15) is 0 Å². The zero-order valence-electron chi connectivity index (χ0n) is 11.2. The lowest BCUT2D eigenvalue weighted by atomic mass is 10.2. The van der Waals surface area contributed by atoms with Crippen molar-refractivity contribution in [2.24, 2.45) is 0 Å². The smallest absolute Gasteiger partial charge is 0.0233 e. The lowest BCUT2D eigenvalue weighted by Gasteiger charge is -2.21. The van der Waals surface area contributed by atoms with E-state index in [1.165, 1.54) is 44.3 Å². The monoisotopic (exact) mass is 255 g/mol. The first-order valence-electron chi connectivity index (χ1n) is 6.63. The Morgan fingerprint density at radius 2 is 1.41 bits per heavy atom. The highest BCUT2D eigenvalue weighted by molar-refractivity contribution is 5.85. The molecular weight excluding hydrogens is 230 g/mol. The minimum Gasteiger partial charge on any atom is -0.299 e. The van der Waals surface area contributed by atoms with E-state index in [1.807, 2.05) is 0 Å². The van der Waals surface area contributed by atoms with Gasteiger partial charge in [-0.05, 0) is 31.5 Å². The van der Waals surface area contributed by atoms with Gasteiger partial charge in [-0.1, -0.05) is 57.0 Å². The first-order chi connectivity index (χ1) is 7.86. The maximum atomic E-state index is 2.59. The van der Waals surface area contributed by atoms with Gasteiger partial charge < -0.3 is 0 Å². The molecule has 17 heavy (non-hydrogen) atoms. The van der Waals surface area contributed by atoms with Crippen molar-refractivity contribution in [3.05, 3.63) is 35.9 Å². The van der Waals surface area contributed by atoms with E-state index >= 15 is 0 Å². The SMILES string of the molecule is CCCCN(CCCC)Cc1ccccc1.Cl. The van der Waals surface area contributed by atoms with E-state index in [4.69, 9.17) is 0 Å². The van der Waals surface area contributed by atoms with Gasteiger partial charge in [0.25, 0.3) is 0 Å². The van der Waals surface area contributed by atoms with Crippen molar-refractivity contribution in [2.75, 3.05) is 13.1 Å². The fraction of sp³-hybridized carbons (Fsp3) is 0.600. The Balaban J connectivity index is 0.00000256. The van der Waals surface area contributed by atoms with Crippen molar-refractivity contribution in [3.63, 3.8) is 0 Å². The molecule has 0 N–H and O–H groups in total. The van der Waals surface area contributed by atoms with Crippen molar-refractivity contribution < 1.29 is 0 Å². The van der Waals surface area contributed by atoms with E-state index in [0.717, 1.165) is 6.54 Å². The predicted molar refractivity (Wildman–Crippen MR) is 78.8 cm³/mol. The van der Waals surface area contributed by atoms with Crippen LogP contribution in [0.4, 0.5) is 0 Å². The fourth-order valence-electron chi connectivity index (χ4n) is 1.87. The summed E-state index contributed by atoms with van der Waals surface area (Å²) in [5.41, 5.74) is 1.44. The number of nitrogens with zero attached hydrogens (tertiary/aromatic N) is 1. The Labute approximate surface area is 113 Å². The van der Waals surface area contributed by atoms with E-state index < -0.39 is 0 Å². The summed E-state index contributed by atoms with van der Waals surface area (Å²) in [6.45, 7) is 8.12. The molecule has 0 saturated heterocycles. The molecule has 0 heterocycles. The second kappa shape index (κ2) is 10.6. The van der Waals surface area contributed by atoms with E-state index in [-0.39, 0.29) is 12.4 Å². The molecular formula is C15H26ClN. The molecule has 0 atom stereocenters. The second-order valence-corrected chi connectivity index (χ2v) is 4.47. The second-order valence-electron chi connectivity index (χ2n) is 4.47. The van der Waals surface area contributed by atoms with E-state index in [9.17, 15) is 0 Å². The van der Waals surface area contributed by atoms with Gasteiger partial charge in [0, 0.05) is 6.54 Å². The molecule has 2 heteroatoms. The van der Waals surface area contributed by atoms with Gasteiger partial charge in [0.2, 0.25) is 0 Å². The Morgan fingerprint density at radius 3 is 1.88 bits per heavy atom. The largest absolute Gasteiger partial charge is 0.299 e. The summed E-state index contributed by atoms with van der Waals surface area (Å²) >= 11 is 0. The van der Waals surface area contributed by atoms with Gasteiger partial charge in [0.05, 0.1) is 0 Å². The maximum Gasteiger partial charge on any atom is 0.0233 e. The summed E-state index contributed by atoms with van der Waals surface area (Å²) in [5, 5.41) is 0. The molecule has 0 fully saturated rings.